The molecular formula is C19H20ClN3O4. The highest BCUT2D eigenvalue weighted by Gasteiger charge is 2.18. The average molecular weight is 390 g/mol. The number of nitrogens with one attached hydrogen (secondary N) is 1. The molecular weight excluding hydrogens is 370 g/mol. The molecule has 0 aliphatic carbocycles. The number of hydrogen-bond acceptors (Lipinski definition) is 5. The van der Waals surface area contributed by atoms with Gasteiger partial charge in [0, 0.05) is 34.7 Å². The number of carbonyl (C=O) groups is 1. The zero-order valence-corrected chi connectivity index (χ0v) is 15.9. The second-order valence-corrected chi connectivity index (χ2v) is 6.68. The molecule has 0 unspecified atom stereocenters. The molecule has 27 heavy (non-hydrogen) atoms. The molecule has 0 fully saturated rings. The first kappa shape index (κ1) is 20.5. The van der Waals surface area contributed by atoms with Crippen LogP contribution in [0, 0.1) is 17.0 Å². The van der Waals surface area contributed by atoms with Crippen LogP contribution in [0.4, 0.5) is 5.69 Å². The first-order valence-corrected chi connectivity index (χ1v) is 8.63. The minimum absolute atomic E-state index is 0.00655. The molecule has 2 rings (SSSR count). The Morgan fingerprint density at radius 3 is 2.59 bits per heavy atom. The number of halogens is 1. The van der Waals surface area contributed by atoms with Crippen molar-refractivity contribution < 1.29 is 14.8 Å². The molecule has 1 amide bonds. The van der Waals surface area contributed by atoms with Crippen LogP contribution in [-0.2, 0) is 11.2 Å². The van der Waals surface area contributed by atoms with Gasteiger partial charge in [0.2, 0.25) is 5.91 Å². The van der Waals surface area contributed by atoms with E-state index in [0.717, 1.165) is 5.56 Å². The van der Waals surface area contributed by atoms with E-state index in [2.05, 4.69) is 10.5 Å². The second-order valence-electron chi connectivity index (χ2n) is 6.24. The van der Waals surface area contributed by atoms with Gasteiger partial charge < -0.3 is 5.11 Å². The van der Waals surface area contributed by atoms with E-state index in [4.69, 9.17) is 11.6 Å². The van der Waals surface area contributed by atoms with Crippen LogP contribution in [0.25, 0.3) is 0 Å². The lowest BCUT2D eigenvalue weighted by atomic mass is 9.93. The Balaban J connectivity index is 2.65. The fourth-order valence-corrected chi connectivity index (χ4v) is 2.86. The van der Waals surface area contributed by atoms with Gasteiger partial charge in [-0.25, -0.2) is 5.43 Å². The van der Waals surface area contributed by atoms with Gasteiger partial charge >= 0.3 is 0 Å². The number of aliphatic hydroxyl groups is 1. The summed E-state index contributed by atoms with van der Waals surface area (Å²) >= 11 is 6.15. The lowest BCUT2D eigenvalue weighted by Gasteiger charge is -2.15. The van der Waals surface area contributed by atoms with Gasteiger partial charge in [-0.05, 0) is 50.1 Å². The van der Waals surface area contributed by atoms with Crippen molar-refractivity contribution >= 4 is 28.9 Å². The van der Waals surface area contributed by atoms with Crippen LogP contribution >= 0.6 is 11.6 Å². The fourth-order valence-electron chi connectivity index (χ4n) is 2.69. The van der Waals surface area contributed by atoms with E-state index in [-0.39, 0.29) is 11.6 Å². The summed E-state index contributed by atoms with van der Waals surface area (Å²) < 4.78 is 0. The molecule has 0 aliphatic heterocycles. The molecule has 0 radical (unpaired) electrons. The van der Waals surface area contributed by atoms with Gasteiger partial charge in [-0.15, -0.1) is 0 Å². The van der Waals surface area contributed by atoms with E-state index in [0.29, 0.717) is 33.8 Å². The highest BCUT2D eigenvalue weighted by Crippen LogP contribution is 2.25. The molecule has 2 aromatic carbocycles. The predicted octanol–water partition coefficient (Wildman–Crippen LogP) is 3.37. The minimum atomic E-state index is -0.592. The van der Waals surface area contributed by atoms with Crippen molar-refractivity contribution in [1.29, 1.82) is 0 Å². The summed E-state index contributed by atoms with van der Waals surface area (Å²) in [5, 5.41) is 25.5. The second kappa shape index (κ2) is 8.75. The number of amides is 1. The SMILES string of the molecule is CC(=O)NN=C(c1ccc([N+](=O)[O-])c(C)c1)c1cc(Cl)ccc1C[C@@H](C)O. The summed E-state index contributed by atoms with van der Waals surface area (Å²) in [4.78, 5) is 22.0. The van der Waals surface area contributed by atoms with E-state index in [1.165, 1.54) is 13.0 Å². The third-order valence-electron chi connectivity index (χ3n) is 3.83. The number of nitro groups is 1. The molecule has 0 saturated carbocycles. The molecule has 0 saturated heterocycles. The first-order chi connectivity index (χ1) is 12.7. The van der Waals surface area contributed by atoms with Crippen molar-refractivity contribution in [2.45, 2.75) is 33.3 Å². The van der Waals surface area contributed by atoms with Gasteiger partial charge in [0.15, 0.2) is 0 Å². The number of nitrogens with zero attached hydrogens (tertiary/aromatic N) is 2. The third-order valence-corrected chi connectivity index (χ3v) is 4.07. The van der Waals surface area contributed by atoms with Gasteiger partial charge in [0.25, 0.3) is 5.69 Å². The molecule has 0 bridgehead atoms. The summed E-state index contributed by atoms with van der Waals surface area (Å²) in [5.74, 6) is -0.356. The normalized spacial score (nSPS) is 12.6. The van der Waals surface area contributed by atoms with Gasteiger partial charge in [0.1, 0.15) is 0 Å². The predicted molar refractivity (Wildman–Crippen MR) is 104 cm³/mol. The van der Waals surface area contributed by atoms with Crippen molar-refractivity contribution in [1.82, 2.24) is 5.43 Å². The molecule has 0 aromatic heterocycles. The average Bonchev–Trinajstić information content (AvgIpc) is 2.56. The number of aliphatic hydroxyl groups excluding tert-OH is 1. The molecule has 2 aromatic rings. The summed E-state index contributed by atoms with van der Waals surface area (Å²) in [5.41, 5.74) is 5.27. The van der Waals surface area contributed by atoms with Crippen molar-refractivity contribution in [3.63, 3.8) is 0 Å². The lowest BCUT2D eigenvalue weighted by Crippen LogP contribution is -2.19. The van der Waals surface area contributed by atoms with Crippen molar-refractivity contribution in [3.8, 4) is 0 Å². The zero-order valence-electron chi connectivity index (χ0n) is 15.2. The Kier molecular flexibility index (Phi) is 6.65. The van der Waals surface area contributed by atoms with Crippen molar-refractivity contribution in [2.75, 3.05) is 0 Å². The lowest BCUT2D eigenvalue weighted by molar-refractivity contribution is -0.385. The molecule has 0 heterocycles. The number of hydrogen-bond donors (Lipinski definition) is 2. The third kappa shape index (κ3) is 5.35. The highest BCUT2D eigenvalue weighted by molar-refractivity contribution is 6.31. The maximum absolute atomic E-state index is 11.4. The summed E-state index contributed by atoms with van der Waals surface area (Å²) in [6.07, 6.45) is -0.233. The Labute approximate surface area is 161 Å². The quantitative estimate of drug-likeness (QED) is 0.449. The van der Waals surface area contributed by atoms with Crippen LogP contribution in [0.1, 0.15) is 36.1 Å². The van der Waals surface area contributed by atoms with E-state index in [1.54, 1.807) is 44.2 Å². The highest BCUT2D eigenvalue weighted by atomic mass is 35.5. The van der Waals surface area contributed by atoms with Crippen LogP contribution in [0.5, 0.6) is 0 Å². The van der Waals surface area contributed by atoms with Crippen molar-refractivity contribution in [3.05, 3.63) is 73.8 Å². The number of hydrazone groups is 1. The minimum Gasteiger partial charge on any atom is -0.393 e. The molecule has 1 atom stereocenters. The van der Waals surface area contributed by atoms with E-state index >= 15 is 0 Å². The number of nitro benzene ring substituents is 1. The maximum Gasteiger partial charge on any atom is 0.272 e. The molecule has 142 valence electrons. The number of aryl methyl sites for hydroxylation is 1. The van der Waals surface area contributed by atoms with E-state index in [1.807, 2.05) is 0 Å². The zero-order chi connectivity index (χ0) is 20.1. The van der Waals surface area contributed by atoms with Crippen LogP contribution in [-0.4, -0.2) is 27.8 Å². The Morgan fingerprint density at radius 1 is 1.33 bits per heavy atom. The Hall–Kier alpha value is -2.77. The fraction of sp³-hybridized carbons (Fsp3) is 0.263. The largest absolute Gasteiger partial charge is 0.393 e. The molecule has 8 heteroatoms. The molecule has 0 spiro atoms. The van der Waals surface area contributed by atoms with Gasteiger partial charge in [-0.1, -0.05) is 17.7 Å². The summed E-state index contributed by atoms with van der Waals surface area (Å²) in [6.45, 7) is 4.63. The number of rotatable bonds is 6. The summed E-state index contributed by atoms with van der Waals surface area (Å²) in [7, 11) is 0. The molecule has 7 nitrogen and oxygen atoms in total. The monoisotopic (exact) mass is 389 g/mol. The summed E-state index contributed by atoms with van der Waals surface area (Å²) in [6, 6.07) is 9.78. The van der Waals surface area contributed by atoms with E-state index < -0.39 is 11.0 Å². The molecule has 0 aliphatic rings. The maximum atomic E-state index is 11.4. The topological polar surface area (TPSA) is 105 Å². The Morgan fingerprint density at radius 2 is 2.04 bits per heavy atom. The van der Waals surface area contributed by atoms with Gasteiger partial charge in [0.05, 0.1) is 16.7 Å². The van der Waals surface area contributed by atoms with Crippen molar-refractivity contribution in [2.24, 2.45) is 5.10 Å². The first-order valence-electron chi connectivity index (χ1n) is 8.25. The van der Waals surface area contributed by atoms with Crippen LogP contribution in [0.15, 0.2) is 41.5 Å². The van der Waals surface area contributed by atoms with Crippen LogP contribution in [0.2, 0.25) is 5.02 Å². The smallest absolute Gasteiger partial charge is 0.272 e. The van der Waals surface area contributed by atoms with E-state index in [9.17, 15) is 20.0 Å². The number of benzene rings is 2. The molecule has 2 N–H and O–H groups in total. The number of carbonyl (C=O) groups excluding carboxylic acids is 1. The standard InChI is InChI=1S/C19H20ClN3O4/c1-11-8-15(5-7-18(11)23(26)27)19(22-21-13(3)25)17-10-16(20)6-4-14(17)9-12(2)24/h4-8,10,12,24H,9H2,1-3H3,(H,21,25)/t12-/m1/s1. The Bertz CT molecular complexity index is 910. The van der Waals surface area contributed by atoms with Gasteiger partial charge in [-0.2, -0.15) is 5.10 Å². The van der Waals surface area contributed by atoms with Crippen LogP contribution in [0.3, 0.4) is 0 Å². The van der Waals surface area contributed by atoms with Gasteiger partial charge in [-0.3, -0.25) is 14.9 Å². The van der Waals surface area contributed by atoms with Crippen LogP contribution < -0.4 is 5.43 Å².